The van der Waals surface area contributed by atoms with E-state index in [4.69, 9.17) is 26.1 Å². The van der Waals surface area contributed by atoms with Crippen molar-refractivity contribution >= 4 is 46.6 Å². The number of nitrogens with one attached hydrogen (secondary N) is 1. The van der Waals surface area contributed by atoms with Crippen LogP contribution in [-0.4, -0.2) is 28.7 Å². The number of carboxylic acids is 1. The van der Waals surface area contributed by atoms with Crippen molar-refractivity contribution in [2.45, 2.75) is 39.3 Å². The molecule has 2 N–H and O–H groups in total. The van der Waals surface area contributed by atoms with Gasteiger partial charge in [-0.15, -0.1) is 0 Å². The number of allylic oxidation sites excluding steroid dienone is 1. The summed E-state index contributed by atoms with van der Waals surface area (Å²) < 4.78 is 13.5. The van der Waals surface area contributed by atoms with Gasteiger partial charge in [0.25, 0.3) is 11.5 Å². The number of rotatable bonds is 10. The lowest BCUT2D eigenvalue weighted by Crippen LogP contribution is -2.40. The number of nitrogens with zero attached hydrogens (tertiary/aromatic N) is 2. The van der Waals surface area contributed by atoms with Crippen LogP contribution < -0.4 is 29.7 Å². The molecule has 0 saturated carbocycles. The van der Waals surface area contributed by atoms with Crippen LogP contribution in [0.15, 0.2) is 112 Å². The lowest BCUT2D eigenvalue weighted by atomic mass is 9.93. The van der Waals surface area contributed by atoms with Crippen molar-refractivity contribution < 1.29 is 24.2 Å². The molecule has 1 amide bonds. The molecule has 1 aromatic heterocycles. The fourth-order valence-electron chi connectivity index (χ4n) is 5.77. The number of hydrogen-bond donors (Lipinski definition) is 2. The van der Waals surface area contributed by atoms with Gasteiger partial charge in [-0.3, -0.25) is 14.2 Å². The lowest BCUT2D eigenvalue weighted by molar-refractivity contribution is -0.113. The molecule has 254 valence electrons. The van der Waals surface area contributed by atoms with Crippen LogP contribution in [-0.2, 0) is 11.4 Å². The fourth-order valence-corrected chi connectivity index (χ4v) is 7.09. The van der Waals surface area contributed by atoms with Crippen LogP contribution in [0.3, 0.4) is 0 Å². The first-order valence-corrected chi connectivity index (χ1v) is 17.0. The zero-order chi connectivity index (χ0) is 35.5. The van der Waals surface area contributed by atoms with Gasteiger partial charge in [-0.1, -0.05) is 91.4 Å². The fraction of sp³-hybridized carbons (Fsp3) is 0.179. The van der Waals surface area contributed by atoms with Crippen LogP contribution >= 0.6 is 22.9 Å². The molecule has 1 aliphatic rings. The molecule has 2 heterocycles. The zero-order valence-electron chi connectivity index (χ0n) is 27.8. The number of hydrogen-bond acceptors (Lipinski definition) is 7. The third-order valence-corrected chi connectivity index (χ3v) is 9.59. The maximum Gasteiger partial charge on any atom is 0.335 e. The van der Waals surface area contributed by atoms with Crippen LogP contribution in [0.2, 0.25) is 5.02 Å². The summed E-state index contributed by atoms with van der Waals surface area (Å²) in [6, 6.07) is 26.2. The number of carbonyl (C=O) groups is 2. The monoisotopic (exact) mass is 707 g/mol. The molecule has 4 aromatic carbocycles. The Morgan fingerprint density at radius 2 is 1.78 bits per heavy atom. The van der Waals surface area contributed by atoms with Crippen molar-refractivity contribution in [3.05, 3.63) is 155 Å². The molecular weight excluding hydrogens is 674 g/mol. The molecule has 0 bridgehead atoms. The Balaban J connectivity index is 1.39. The minimum Gasteiger partial charge on any atom is -0.493 e. The molecule has 50 heavy (non-hydrogen) atoms. The summed E-state index contributed by atoms with van der Waals surface area (Å²) >= 11 is 7.90. The third-order valence-electron chi connectivity index (χ3n) is 8.32. The number of ether oxygens (including phenoxy) is 2. The molecule has 0 saturated heterocycles. The summed E-state index contributed by atoms with van der Waals surface area (Å²) in [5.74, 6) is -0.443. The van der Waals surface area contributed by atoms with Crippen molar-refractivity contribution in [2.75, 3.05) is 12.4 Å². The van der Waals surface area contributed by atoms with Crippen molar-refractivity contribution in [2.24, 2.45) is 4.99 Å². The van der Waals surface area contributed by atoms with E-state index in [1.807, 2.05) is 54.6 Å². The molecule has 0 radical (unpaired) electrons. The Bertz CT molecular complexity index is 2310. The highest BCUT2D eigenvalue weighted by molar-refractivity contribution is 7.07. The minimum atomic E-state index is -1.03. The summed E-state index contributed by atoms with van der Waals surface area (Å²) in [5.41, 5.74) is 4.54. The number of methoxy groups -OCH3 is 1. The van der Waals surface area contributed by atoms with Gasteiger partial charge >= 0.3 is 5.97 Å². The average Bonchev–Trinajstić information content (AvgIpc) is 3.40. The number of fused-ring (bicyclic) bond motifs is 1. The summed E-state index contributed by atoms with van der Waals surface area (Å²) in [6.07, 6.45) is 1.71. The Kier molecular flexibility index (Phi) is 10.0. The van der Waals surface area contributed by atoms with Gasteiger partial charge in [-0.05, 0) is 77.6 Å². The van der Waals surface area contributed by atoms with Gasteiger partial charge in [0.2, 0.25) is 0 Å². The number of benzene rings is 4. The van der Waals surface area contributed by atoms with E-state index < -0.39 is 12.0 Å². The Morgan fingerprint density at radius 3 is 2.46 bits per heavy atom. The van der Waals surface area contributed by atoms with E-state index in [0.29, 0.717) is 49.1 Å². The van der Waals surface area contributed by atoms with Gasteiger partial charge in [-0.2, -0.15) is 0 Å². The first-order valence-electron chi connectivity index (χ1n) is 15.9. The highest BCUT2D eigenvalue weighted by atomic mass is 35.5. The van der Waals surface area contributed by atoms with Gasteiger partial charge < -0.3 is 19.9 Å². The van der Waals surface area contributed by atoms with Gasteiger partial charge in [0.1, 0.15) is 6.61 Å². The van der Waals surface area contributed by atoms with Crippen molar-refractivity contribution in [1.82, 2.24) is 4.57 Å². The molecule has 0 unspecified atom stereocenters. The molecule has 6 rings (SSSR count). The van der Waals surface area contributed by atoms with Crippen molar-refractivity contribution in [1.29, 1.82) is 0 Å². The number of aromatic carboxylic acids is 1. The van der Waals surface area contributed by atoms with E-state index in [9.17, 15) is 19.5 Å². The second-order valence-corrected chi connectivity index (χ2v) is 13.5. The number of carboxylic acid groups (broad SMARTS) is 1. The summed E-state index contributed by atoms with van der Waals surface area (Å²) in [6.45, 7) is 6.07. The Labute approximate surface area is 297 Å². The van der Waals surface area contributed by atoms with Crippen LogP contribution in [0.25, 0.3) is 6.08 Å². The number of anilines is 1. The van der Waals surface area contributed by atoms with E-state index in [2.05, 4.69) is 19.2 Å². The SMILES string of the molecule is COc1cc(/C=c2/sc3n(c2=O)[C@H](c2ccc(C(C)C)cc2)C(C(=O)Nc2ccccc2)=C(C)N=3)cc(Cl)c1OCc1cccc(C(=O)O)c1. The topological polar surface area (TPSA) is 119 Å². The summed E-state index contributed by atoms with van der Waals surface area (Å²) in [5, 5.41) is 12.5. The molecule has 0 aliphatic carbocycles. The molecule has 1 aliphatic heterocycles. The molecule has 5 aromatic rings. The average molecular weight is 708 g/mol. The lowest BCUT2D eigenvalue weighted by Gasteiger charge is -2.25. The van der Waals surface area contributed by atoms with E-state index in [-0.39, 0.29) is 34.4 Å². The normalized spacial score (nSPS) is 14.3. The highest BCUT2D eigenvalue weighted by Gasteiger charge is 2.32. The van der Waals surface area contributed by atoms with Gasteiger partial charge in [0, 0.05) is 5.69 Å². The maximum atomic E-state index is 14.2. The molecule has 11 heteroatoms. The second kappa shape index (κ2) is 14.6. The standard InChI is InChI=1S/C39H34ClN3O6S/c1-22(2)26-13-15-27(16-14-26)34-33(36(44)42-29-11-6-5-7-12-29)23(3)41-39-43(34)37(45)32(50-39)20-25-18-30(40)35(31(19-25)48-4)49-21-24-9-8-10-28(17-24)38(46)47/h5-20,22,34H,21H2,1-4H3,(H,42,44)(H,46,47)/b32-20+/t34-/m1/s1. The third kappa shape index (κ3) is 7.12. The van der Waals surface area contributed by atoms with Crippen LogP contribution in [0, 0.1) is 0 Å². The van der Waals surface area contributed by atoms with Crippen LogP contribution in [0.4, 0.5) is 5.69 Å². The van der Waals surface area contributed by atoms with Crippen LogP contribution in [0.5, 0.6) is 11.5 Å². The largest absolute Gasteiger partial charge is 0.493 e. The number of carbonyl (C=O) groups excluding carboxylic acids is 1. The van der Waals surface area contributed by atoms with Gasteiger partial charge in [0.05, 0.1) is 39.5 Å². The van der Waals surface area contributed by atoms with Crippen molar-refractivity contribution in [3.8, 4) is 11.5 Å². The van der Waals surface area contributed by atoms with E-state index in [0.717, 1.165) is 11.1 Å². The zero-order valence-corrected chi connectivity index (χ0v) is 29.3. The minimum absolute atomic E-state index is 0.0623. The molecular formula is C39H34ClN3O6S. The number of para-hydroxylation sites is 1. The summed E-state index contributed by atoms with van der Waals surface area (Å²) in [4.78, 5) is 44.7. The quantitative estimate of drug-likeness (QED) is 0.162. The predicted octanol–water partition coefficient (Wildman–Crippen LogP) is 6.94. The number of amides is 1. The first-order chi connectivity index (χ1) is 24.0. The molecule has 1 atom stereocenters. The smallest absolute Gasteiger partial charge is 0.335 e. The molecule has 0 spiro atoms. The van der Waals surface area contributed by atoms with E-state index in [1.165, 1.54) is 30.6 Å². The number of thiazole rings is 1. The van der Waals surface area contributed by atoms with Crippen molar-refractivity contribution in [3.63, 3.8) is 0 Å². The predicted molar refractivity (Wildman–Crippen MR) is 195 cm³/mol. The van der Waals surface area contributed by atoms with E-state index in [1.54, 1.807) is 41.8 Å². The highest BCUT2D eigenvalue weighted by Crippen LogP contribution is 2.37. The van der Waals surface area contributed by atoms with Gasteiger partial charge in [-0.25, -0.2) is 9.79 Å². The molecule has 0 fully saturated rings. The number of aromatic nitrogens is 1. The van der Waals surface area contributed by atoms with E-state index >= 15 is 0 Å². The number of halogens is 1. The van der Waals surface area contributed by atoms with Gasteiger partial charge in [0.15, 0.2) is 16.3 Å². The Hall–Kier alpha value is -5.45. The molecule has 9 nitrogen and oxygen atoms in total. The second-order valence-electron chi connectivity index (χ2n) is 12.1. The maximum absolute atomic E-state index is 14.2. The Morgan fingerprint density at radius 1 is 1.04 bits per heavy atom. The van der Waals surface area contributed by atoms with Crippen LogP contribution in [0.1, 0.15) is 65.3 Å². The summed E-state index contributed by atoms with van der Waals surface area (Å²) in [7, 11) is 1.48. The first kappa shape index (κ1) is 34.4.